The average molecular weight is 343 g/mol. The van der Waals surface area contributed by atoms with Gasteiger partial charge in [0.15, 0.2) is 0 Å². The third kappa shape index (κ3) is 3.83. The smallest absolute Gasteiger partial charge is 0.309 e. The molecule has 2 aromatic rings. The number of furan rings is 1. The number of rotatable bonds is 6. The zero-order chi connectivity index (χ0) is 17.6. The lowest BCUT2D eigenvalue weighted by atomic mass is 10.1. The molecule has 7 heteroatoms. The standard InChI is InChI=1S/C18H21N3O4/c22-10-8-19-17(23)18(24)20-12-15(16-6-3-11-25-16)21-9-7-13-4-1-2-5-14(13)21/h1-6,11,15,22H,7-10,12H2,(H,19,23)(H,20,24). The SMILES string of the molecule is O=C(NCCO)C(=O)NCC(c1ccco1)N1CCc2ccccc21. The summed E-state index contributed by atoms with van der Waals surface area (Å²) in [5.74, 6) is -0.751. The number of anilines is 1. The summed E-state index contributed by atoms with van der Waals surface area (Å²) >= 11 is 0. The van der Waals surface area contributed by atoms with Gasteiger partial charge in [0.05, 0.1) is 12.9 Å². The Kier molecular flexibility index (Phi) is 5.35. The van der Waals surface area contributed by atoms with Crippen LogP contribution in [0, 0.1) is 0 Å². The van der Waals surface area contributed by atoms with Gasteiger partial charge >= 0.3 is 11.8 Å². The quantitative estimate of drug-likeness (QED) is 0.668. The number of hydrogen-bond acceptors (Lipinski definition) is 5. The van der Waals surface area contributed by atoms with Crippen LogP contribution in [0.4, 0.5) is 5.69 Å². The van der Waals surface area contributed by atoms with Crippen molar-refractivity contribution in [2.75, 3.05) is 31.1 Å². The van der Waals surface area contributed by atoms with Crippen molar-refractivity contribution in [3.05, 3.63) is 54.0 Å². The number of benzene rings is 1. The van der Waals surface area contributed by atoms with E-state index in [-0.39, 0.29) is 25.7 Å². The van der Waals surface area contributed by atoms with Crippen LogP contribution >= 0.6 is 0 Å². The lowest BCUT2D eigenvalue weighted by molar-refractivity contribution is -0.139. The van der Waals surface area contributed by atoms with Crippen LogP contribution < -0.4 is 15.5 Å². The molecule has 132 valence electrons. The second kappa shape index (κ2) is 7.85. The number of amides is 2. The van der Waals surface area contributed by atoms with Crippen LogP contribution in [0.5, 0.6) is 0 Å². The fourth-order valence-corrected chi connectivity index (χ4v) is 3.05. The first kappa shape index (κ1) is 17.0. The van der Waals surface area contributed by atoms with Gasteiger partial charge in [0.25, 0.3) is 0 Å². The van der Waals surface area contributed by atoms with Crippen LogP contribution in [0.2, 0.25) is 0 Å². The van der Waals surface area contributed by atoms with Crippen molar-refractivity contribution in [2.24, 2.45) is 0 Å². The van der Waals surface area contributed by atoms with Gasteiger partial charge in [-0.15, -0.1) is 0 Å². The normalized spacial score (nSPS) is 14.0. The molecule has 25 heavy (non-hydrogen) atoms. The van der Waals surface area contributed by atoms with Crippen LogP contribution in [0.15, 0.2) is 47.1 Å². The topological polar surface area (TPSA) is 94.8 Å². The molecular formula is C18H21N3O4. The highest BCUT2D eigenvalue weighted by Crippen LogP contribution is 2.34. The van der Waals surface area contributed by atoms with E-state index in [0.717, 1.165) is 24.4 Å². The number of fused-ring (bicyclic) bond motifs is 1. The Morgan fingerprint density at radius 1 is 1.16 bits per heavy atom. The maximum Gasteiger partial charge on any atom is 0.309 e. The van der Waals surface area contributed by atoms with Gasteiger partial charge in [0, 0.05) is 25.3 Å². The monoisotopic (exact) mass is 343 g/mol. The molecule has 7 nitrogen and oxygen atoms in total. The molecule has 3 N–H and O–H groups in total. The minimum atomic E-state index is -0.755. The van der Waals surface area contributed by atoms with Crippen molar-refractivity contribution < 1.29 is 19.1 Å². The Balaban J connectivity index is 1.72. The number of carbonyl (C=O) groups is 2. The zero-order valence-corrected chi connectivity index (χ0v) is 13.8. The largest absolute Gasteiger partial charge is 0.467 e. The maximum atomic E-state index is 11.9. The molecule has 2 heterocycles. The Bertz CT molecular complexity index is 730. The first-order valence-electron chi connectivity index (χ1n) is 8.25. The zero-order valence-electron chi connectivity index (χ0n) is 13.8. The van der Waals surface area contributed by atoms with Gasteiger partial charge in [-0.1, -0.05) is 18.2 Å². The maximum absolute atomic E-state index is 11.9. The van der Waals surface area contributed by atoms with Gasteiger partial charge in [-0.25, -0.2) is 0 Å². The summed E-state index contributed by atoms with van der Waals surface area (Å²) in [6.45, 7) is 0.899. The minimum absolute atomic E-state index is 0.0490. The molecule has 2 amide bonds. The Morgan fingerprint density at radius 2 is 1.96 bits per heavy atom. The van der Waals surface area contributed by atoms with Crippen molar-refractivity contribution in [3.63, 3.8) is 0 Å². The Hall–Kier alpha value is -2.80. The molecule has 0 saturated heterocycles. The number of nitrogens with zero attached hydrogens (tertiary/aromatic N) is 1. The predicted molar refractivity (Wildman–Crippen MR) is 92.0 cm³/mol. The highest BCUT2D eigenvalue weighted by Gasteiger charge is 2.29. The first-order valence-corrected chi connectivity index (χ1v) is 8.25. The van der Waals surface area contributed by atoms with Gasteiger partial charge in [-0.2, -0.15) is 0 Å². The van der Waals surface area contributed by atoms with Crippen molar-refractivity contribution >= 4 is 17.5 Å². The van der Waals surface area contributed by atoms with E-state index in [0.29, 0.717) is 0 Å². The number of para-hydroxylation sites is 1. The summed E-state index contributed by atoms with van der Waals surface area (Å²) in [5.41, 5.74) is 2.37. The molecule has 1 aliphatic rings. The molecule has 0 radical (unpaired) electrons. The first-order chi connectivity index (χ1) is 12.2. The van der Waals surface area contributed by atoms with Crippen LogP contribution in [-0.4, -0.2) is 43.2 Å². The molecule has 0 spiro atoms. The van der Waals surface area contributed by atoms with E-state index in [4.69, 9.17) is 9.52 Å². The summed E-state index contributed by atoms with van der Waals surface area (Å²) < 4.78 is 5.55. The Labute approximate surface area is 145 Å². The van der Waals surface area contributed by atoms with Crippen LogP contribution in [0.1, 0.15) is 17.4 Å². The summed E-state index contributed by atoms with van der Waals surface area (Å²) in [7, 11) is 0. The molecule has 3 rings (SSSR count). The molecule has 1 atom stereocenters. The van der Waals surface area contributed by atoms with Gasteiger partial charge in [-0.05, 0) is 30.2 Å². The summed E-state index contributed by atoms with van der Waals surface area (Å²) in [5, 5.41) is 13.7. The fourth-order valence-electron chi connectivity index (χ4n) is 3.05. The van der Waals surface area contributed by atoms with Crippen molar-refractivity contribution in [2.45, 2.75) is 12.5 Å². The number of nitrogens with one attached hydrogen (secondary N) is 2. The summed E-state index contributed by atoms with van der Waals surface area (Å²) in [6.07, 6.45) is 2.53. The lowest BCUT2D eigenvalue weighted by Gasteiger charge is -2.29. The van der Waals surface area contributed by atoms with Gasteiger partial charge in [0.2, 0.25) is 0 Å². The molecule has 0 fully saturated rings. The number of carbonyl (C=O) groups excluding carboxylic acids is 2. The van der Waals surface area contributed by atoms with Gasteiger partial charge in [0.1, 0.15) is 11.8 Å². The van der Waals surface area contributed by atoms with E-state index in [1.807, 2.05) is 24.3 Å². The third-order valence-electron chi connectivity index (χ3n) is 4.23. The van der Waals surface area contributed by atoms with Gasteiger partial charge in [-0.3, -0.25) is 9.59 Å². The highest BCUT2D eigenvalue weighted by atomic mass is 16.3. The second-order valence-electron chi connectivity index (χ2n) is 5.79. The van der Waals surface area contributed by atoms with Crippen LogP contribution in [0.25, 0.3) is 0 Å². The molecule has 1 unspecified atom stereocenters. The third-order valence-corrected chi connectivity index (χ3v) is 4.23. The molecule has 1 aromatic heterocycles. The van der Waals surface area contributed by atoms with Crippen molar-refractivity contribution in [1.82, 2.24) is 10.6 Å². The van der Waals surface area contributed by atoms with Gasteiger partial charge < -0.3 is 25.1 Å². The summed E-state index contributed by atoms with van der Waals surface area (Å²) in [4.78, 5) is 25.8. The molecular weight excluding hydrogens is 322 g/mol. The molecule has 0 bridgehead atoms. The highest BCUT2D eigenvalue weighted by molar-refractivity contribution is 6.35. The van der Waals surface area contributed by atoms with E-state index in [1.54, 1.807) is 12.3 Å². The summed E-state index contributed by atoms with van der Waals surface area (Å²) in [6, 6.07) is 11.6. The number of aliphatic hydroxyl groups excluding tert-OH is 1. The van der Waals surface area contributed by atoms with E-state index < -0.39 is 11.8 Å². The molecule has 0 aliphatic carbocycles. The Morgan fingerprint density at radius 3 is 2.72 bits per heavy atom. The molecule has 1 aromatic carbocycles. The average Bonchev–Trinajstić information content (AvgIpc) is 3.30. The van der Waals surface area contributed by atoms with E-state index in [1.165, 1.54) is 5.56 Å². The predicted octanol–water partition coefficient (Wildman–Crippen LogP) is 0.608. The fraction of sp³-hybridized carbons (Fsp3) is 0.333. The number of hydrogen-bond donors (Lipinski definition) is 3. The lowest BCUT2D eigenvalue weighted by Crippen LogP contribution is -2.44. The van der Waals surface area contributed by atoms with Crippen LogP contribution in [-0.2, 0) is 16.0 Å². The molecule has 0 saturated carbocycles. The van der Waals surface area contributed by atoms with E-state index in [2.05, 4.69) is 21.6 Å². The minimum Gasteiger partial charge on any atom is -0.467 e. The van der Waals surface area contributed by atoms with E-state index in [9.17, 15) is 9.59 Å². The van der Waals surface area contributed by atoms with Crippen molar-refractivity contribution in [3.8, 4) is 0 Å². The van der Waals surface area contributed by atoms with E-state index >= 15 is 0 Å². The molecule has 1 aliphatic heterocycles. The number of aliphatic hydroxyl groups is 1. The van der Waals surface area contributed by atoms with Crippen LogP contribution in [0.3, 0.4) is 0 Å². The van der Waals surface area contributed by atoms with Crippen molar-refractivity contribution in [1.29, 1.82) is 0 Å². The second-order valence-corrected chi connectivity index (χ2v) is 5.79.